The SMILES string of the molecule is CCCCCCCC/C=C\CCCCCCCCOCC(CC)CCCC. The Kier molecular flexibility index (Phi) is 23.5. The van der Waals surface area contributed by atoms with Gasteiger partial charge in [0.15, 0.2) is 0 Å². The standard InChI is InChI=1S/C26H52O/c1-4-7-9-10-11-12-13-14-15-16-17-18-19-20-21-22-24-27-25-26(6-3)23-8-5-2/h14-15,26H,4-13,16-25H2,1-3H3/b15-14-. The van der Waals surface area contributed by atoms with Crippen LogP contribution >= 0.6 is 0 Å². The van der Waals surface area contributed by atoms with Gasteiger partial charge in [-0.05, 0) is 44.4 Å². The Morgan fingerprint density at radius 2 is 1.11 bits per heavy atom. The predicted molar refractivity (Wildman–Crippen MR) is 124 cm³/mol. The maximum absolute atomic E-state index is 5.89. The van der Waals surface area contributed by atoms with E-state index in [-0.39, 0.29) is 0 Å². The third-order valence-electron chi connectivity index (χ3n) is 5.70. The molecular formula is C26H52O. The zero-order valence-electron chi connectivity index (χ0n) is 19.3. The van der Waals surface area contributed by atoms with Gasteiger partial charge in [-0.15, -0.1) is 0 Å². The Balaban J connectivity index is 3.19. The fourth-order valence-electron chi connectivity index (χ4n) is 3.60. The molecule has 0 radical (unpaired) electrons. The van der Waals surface area contributed by atoms with E-state index < -0.39 is 0 Å². The lowest BCUT2D eigenvalue weighted by Gasteiger charge is -2.14. The van der Waals surface area contributed by atoms with Gasteiger partial charge < -0.3 is 4.74 Å². The largest absolute Gasteiger partial charge is 0.381 e. The van der Waals surface area contributed by atoms with Crippen LogP contribution in [0.2, 0.25) is 0 Å². The average molecular weight is 381 g/mol. The maximum atomic E-state index is 5.89. The van der Waals surface area contributed by atoms with E-state index in [0.717, 1.165) is 19.1 Å². The molecule has 0 spiro atoms. The van der Waals surface area contributed by atoms with E-state index in [9.17, 15) is 0 Å². The number of allylic oxidation sites excluding steroid dienone is 2. The molecule has 0 rings (SSSR count). The predicted octanol–water partition coefficient (Wildman–Crippen LogP) is 9.26. The van der Waals surface area contributed by atoms with Crippen LogP contribution in [0, 0.1) is 5.92 Å². The van der Waals surface area contributed by atoms with E-state index in [1.54, 1.807) is 0 Å². The van der Waals surface area contributed by atoms with Crippen molar-refractivity contribution in [2.24, 2.45) is 5.92 Å². The Labute approximate surface area is 172 Å². The third-order valence-corrected chi connectivity index (χ3v) is 5.70. The summed E-state index contributed by atoms with van der Waals surface area (Å²) in [5, 5.41) is 0. The van der Waals surface area contributed by atoms with Gasteiger partial charge >= 0.3 is 0 Å². The van der Waals surface area contributed by atoms with Gasteiger partial charge in [0.25, 0.3) is 0 Å². The van der Waals surface area contributed by atoms with Gasteiger partial charge in [-0.2, -0.15) is 0 Å². The number of rotatable bonds is 22. The van der Waals surface area contributed by atoms with Crippen LogP contribution in [0.3, 0.4) is 0 Å². The van der Waals surface area contributed by atoms with Crippen molar-refractivity contribution in [2.75, 3.05) is 13.2 Å². The van der Waals surface area contributed by atoms with E-state index in [0.29, 0.717) is 0 Å². The normalized spacial score (nSPS) is 12.9. The maximum Gasteiger partial charge on any atom is 0.0494 e. The van der Waals surface area contributed by atoms with E-state index >= 15 is 0 Å². The van der Waals surface area contributed by atoms with Crippen molar-refractivity contribution in [3.05, 3.63) is 12.2 Å². The molecule has 0 saturated heterocycles. The van der Waals surface area contributed by atoms with Gasteiger partial charge in [-0.25, -0.2) is 0 Å². The molecule has 1 unspecified atom stereocenters. The summed E-state index contributed by atoms with van der Waals surface area (Å²) in [6, 6.07) is 0. The summed E-state index contributed by atoms with van der Waals surface area (Å²) in [5.41, 5.74) is 0. The quantitative estimate of drug-likeness (QED) is 0.134. The highest BCUT2D eigenvalue weighted by Gasteiger charge is 2.05. The first-order valence-corrected chi connectivity index (χ1v) is 12.6. The molecule has 0 amide bonds. The Morgan fingerprint density at radius 3 is 1.67 bits per heavy atom. The van der Waals surface area contributed by atoms with Gasteiger partial charge in [-0.3, -0.25) is 0 Å². The van der Waals surface area contributed by atoms with E-state index in [2.05, 4.69) is 32.9 Å². The molecule has 1 atom stereocenters. The van der Waals surface area contributed by atoms with Crippen LogP contribution in [0.25, 0.3) is 0 Å². The monoisotopic (exact) mass is 380 g/mol. The first kappa shape index (κ1) is 26.7. The zero-order valence-corrected chi connectivity index (χ0v) is 19.3. The summed E-state index contributed by atoms with van der Waals surface area (Å²) in [5.74, 6) is 0.791. The summed E-state index contributed by atoms with van der Waals surface area (Å²) in [6.07, 6.45) is 29.3. The van der Waals surface area contributed by atoms with Gasteiger partial charge in [0.05, 0.1) is 0 Å². The minimum absolute atomic E-state index is 0.791. The molecule has 0 aromatic rings. The Bertz CT molecular complexity index is 284. The molecule has 0 bridgehead atoms. The molecule has 27 heavy (non-hydrogen) atoms. The smallest absolute Gasteiger partial charge is 0.0494 e. The highest BCUT2D eigenvalue weighted by molar-refractivity contribution is 4.81. The second-order valence-electron chi connectivity index (χ2n) is 8.43. The average Bonchev–Trinajstić information content (AvgIpc) is 2.69. The summed E-state index contributed by atoms with van der Waals surface area (Å²) in [6.45, 7) is 8.83. The van der Waals surface area contributed by atoms with Gasteiger partial charge in [0.2, 0.25) is 0 Å². The fraction of sp³-hybridized carbons (Fsp3) is 0.923. The van der Waals surface area contributed by atoms with Crippen LogP contribution in [0.4, 0.5) is 0 Å². The second-order valence-corrected chi connectivity index (χ2v) is 8.43. The molecular weight excluding hydrogens is 328 g/mol. The molecule has 0 fully saturated rings. The van der Waals surface area contributed by atoms with Crippen molar-refractivity contribution in [3.63, 3.8) is 0 Å². The lowest BCUT2D eigenvalue weighted by atomic mass is 10.0. The van der Waals surface area contributed by atoms with Crippen molar-refractivity contribution in [2.45, 2.75) is 136 Å². The molecule has 0 aliphatic heterocycles. The van der Waals surface area contributed by atoms with Crippen molar-refractivity contribution < 1.29 is 4.74 Å². The lowest BCUT2D eigenvalue weighted by Crippen LogP contribution is -2.09. The number of hydrogen-bond donors (Lipinski definition) is 0. The molecule has 0 aromatic carbocycles. The molecule has 1 heteroatoms. The molecule has 0 heterocycles. The van der Waals surface area contributed by atoms with Crippen LogP contribution in [-0.2, 0) is 4.74 Å². The van der Waals surface area contributed by atoms with Crippen molar-refractivity contribution in [1.29, 1.82) is 0 Å². The minimum atomic E-state index is 0.791. The fourth-order valence-corrected chi connectivity index (χ4v) is 3.60. The Hall–Kier alpha value is -0.300. The topological polar surface area (TPSA) is 9.23 Å². The molecule has 162 valence electrons. The highest BCUT2D eigenvalue weighted by Crippen LogP contribution is 2.14. The van der Waals surface area contributed by atoms with Crippen LogP contribution in [0.5, 0.6) is 0 Å². The first-order chi connectivity index (χ1) is 13.3. The summed E-state index contributed by atoms with van der Waals surface area (Å²) in [7, 11) is 0. The van der Waals surface area contributed by atoms with E-state index in [1.807, 2.05) is 0 Å². The van der Waals surface area contributed by atoms with Gasteiger partial charge in [0, 0.05) is 13.2 Å². The zero-order chi connectivity index (χ0) is 19.8. The van der Waals surface area contributed by atoms with Gasteiger partial charge in [0.1, 0.15) is 0 Å². The minimum Gasteiger partial charge on any atom is -0.381 e. The molecule has 0 aliphatic carbocycles. The molecule has 0 aliphatic rings. The number of unbranched alkanes of at least 4 members (excludes halogenated alkanes) is 13. The van der Waals surface area contributed by atoms with Crippen molar-refractivity contribution >= 4 is 0 Å². The molecule has 0 N–H and O–H groups in total. The first-order valence-electron chi connectivity index (χ1n) is 12.6. The molecule has 1 nitrogen and oxygen atoms in total. The number of hydrogen-bond acceptors (Lipinski definition) is 1. The molecule has 0 aromatic heterocycles. The van der Waals surface area contributed by atoms with Crippen LogP contribution < -0.4 is 0 Å². The lowest BCUT2D eigenvalue weighted by molar-refractivity contribution is 0.0908. The number of ether oxygens (including phenoxy) is 1. The summed E-state index contributed by atoms with van der Waals surface area (Å²) < 4.78 is 5.89. The second kappa shape index (κ2) is 23.7. The van der Waals surface area contributed by atoms with Gasteiger partial charge in [-0.1, -0.05) is 110 Å². The summed E-state index contributed by atoms with van der Waals surface area (Å²) in [4.78, 5) is 0. The highest BCUT2D eigenvalue weighted by atomic mass is 16.5. The Morgan fingerprint density at radius 1 is 0.593 bits per heavy atom. The van der Waals surface area contributed by atoms with Crippen molar-refractivity contribution in [1.82, 2.24) is 0 Å². The molecule has 0 saturated carbocycles. The van der Waals surface area contributed by atoms with Crippen molar-refractivity contribution in [3.8, 4) is 0 Å². The van der Waals surface area contributed by atoms with E-state index in [1.165, 1.54) is 116 Å². The third kappa shape index (κ3) is 21.9. The van der Waals surface area contributed by atoms with E-state index in [4.69, 9.17) is 4.74 Å². The van der Waals surface area contributed by atoms with Crippen LogP contribution in [0.15, 0.2) is 12.2 Å². The van der Waals surface area contributed by atoms with Crippen LogP contribution in [-0.4, -0.2) is 13.2 Å². The van der Waals surface area contributed by atoms with Crippen LogP contribution in [0.1, 0.15) is 136 Å². The summed E-state index contributed by atoms with van der Waals surface area (Å²) >= 11 is 0.